The van der Waals surface area contributed by atoms with E-state index in [1.54, 1.807) is 6.07 Å². The number of halogens is 2. The van der Waals surface area contributed by atoms with Gasteiger partial charge in [0, 0.05) is 6.04 Å². The van der Waals surface area contributed by atoms with E-state index in [4.69, 9.17) is 0 Å². The Balaban J connectivity index is 2.25. The Morgan fingerprint density at radius 2 is 2.00 bits per heavy atom. The van der Waals surface area contributed by atoms with Gasteiger partial charge < -0.3 is 5.32 Å². The molecule has 0 aromatic heterocycles. The molecule has 3 heteroatoms. The van der Waals surface area contributed by atoms with Crippen LogP contribution in [0.4, 0.5) is 8.78 Å². The number of hydrogen-bond acceptors (Lipinski definition) is 1. The first-order chi connectivity index (χ1) is 8.13. The van der Waals surface area contributed by atoms with Crippen molar-refractivity contribution >= 4 is 0 Å². The lowest BCUT2D eigenvalue weighted by atomic mass is 9.86. The van der Waals surface area contributed by atoms with Gasteiger partial charge in [-0.3, -0.25) is 0 Å². The third-order valence-electron chi connectivity index (χ3n) is 3.97. The predicted molar refractivity (Wildman–Crippen MR) is 64.7 cm³/mol. The monoisotopic (exact) mass is 239 g/mol. The number of rotatable bonds is 3. The van der Waals surface area contributed by atoms with Crippen LogP contribution < -0.4 is 5.32 Å². The van der Waals surface area contributed by atoms with E-state index in [0.29, 0.717) is 11.8 Å². The Kier molecular flexibility index (Phi) is 3.77. The summed E-state index contributed by atoms with van der Waals surface area (Å²) in [4.78, 5) is 0. The maximum absolute atomic E-state index is 13.3. The third kappa shape index (κ3) is 2.49. The summed E-state index contributed by atoms with van der Waals surface area (Å²) in [5.74, 6) is -0.373. The molecule has 0 radical (unpaired) electrons. The molecule has 0 bridgehead atoms. The Morgan fingerprint density at radius 1 is 1.24 bits per heavy atom. The lowest BCUT2D eigenvalue weighted by molar-refractivity contribution is 0.314. The van der Waals surface area contributed by atoms with Crippen molar-refractivity contribution in [1.82, 2.24) is 5.32 Å². The van der Waals surface area contributed by atoms with E-state index in [1.807, 2.05) is 7.05 Å². The molecule has 1 saturated carbocycles. The molecule has 1 aliphatic carbocycles. The molecule has 1 aliphatic rings. The first kappa shape index (κ1) is 12.5. The molecule has 1 nitrogen and oxygen atoms in total. The van der Waals surface area contributed by atoms with Gasteiger partial charge in [-0.25, -0.2) is 8.78 Å². The standard InChI is InChI=1S/C14H19F2N/c1-9-4-3-5-11(9)14(17-2)10-6-7-12(15)13(16)8-10/h6-9,11,14,17H,3-5H2,1-2H3. The number of hydrogen-bond donors (Lipinski definition) is 1. The van der Waals surface area contributed by atoms with Gasteiger partial charge in [0.05, 0.1) is 0 Å². The van der Waals surface area contributed by atoms with E-state index < -0.39 is 11.6 Å². The predicted octanol–water partition coefficient (Wildman–Crippen LogP) is 3.66. The fourth-order valence-electron chi connectivity index (χ4n) is 3.00. The summed E-state index contributed by atoms with van der Waals surface area (Å²) in [6.07, 6.45) is 3.62. The van der Waals surface area contributed by atoms with Crippen LogP contribution in [0.3, 0.4) is 0 Å². The molecular weight excluding hydrogens is 220 g/mol. The molecular formula is C14H19F2N. The fourth-order valence-corrected chi connectivity index (χ4v) is 3.00. The quantitative estimate of drug-likeness (QED) is 0.848. The summed E-state index contributed by atoms with van der Waals surface area (Å²) in [7, 11) is 1.89. The van der Waals surface area contributed by atoms with Gasteiger partial charge in [0.1, 0.15) is 0 Å². The van der Waals surface area contributed by atoms with Crippen LogP contribution in [0.1, 0.15) is 37.8 Å². The van der Waals surface area contributed by atoms with Gasteiger partial charge in [0.2, 0.25) is 0 Å². The van der Waals surface area contributed by atoms with Crippen molar-refractivity contribution in [2.75, 3.05) is 7.05 Å². The Bertz CT molecular complexity index is 392. The highest BCUT2D eigenvalue weighted by molar-refractivity contribution is 5.22. The maximum atomic E-state index is 13.3. The summed E-state index contributed by atoms with van der Waals surface area (Å²) in [5, 5.41) is 3.25. The van der Waals surface area contributed by atoms with Gasteiger partial charge in [-0.05, 0) is 43.0 Å². The second-order valence-corrected chi connectivity index (χ2v) is 5.01. The molecule has 3 unspecified atom stereocenters. The highest BCUT2D eigenvalue weighted by atomic mass is 19.2. The van der Waals surface area contributed by atoms with Crippen LogP contribution in [0.25, 0.3) is 0 Å². The summed E-state index contributed by atoms with van der Waals surface area (Å²) in [5.41, 5.74) is 0.852. The van der Waals surface area contributed by atoms with Gasteiger partial charge in [0.25, 0.3) is 0 Å². The minimum atomic E-state index is -0.775. The van der Waals surface area contributed by atoms with E-state index in [1.165, 1.54) is 25.0 Å². The molecule has 1 aromatic carbocycles. The van der Waals surface area contributed by atoms with Crippen molar-refractivity contribution in [3.63, 3.8) is 0 Å². The van der Waals surface area contributed by atoms with Crippen molar-refractivity contribution in [3.05, 3.63) is 35.4 Å². The molecule has 1 N–H and O–H groups in total. The molecule has 2 rings (SSSR count). The molecule has 0 spiro atoms. The lowest BCUT2D eigenvalue weighted by Gasteiger charge is -2.27. The van der Waals surface area contributed by atoms with Crippen LogP contribution in [0, 0.1) is 23.5 Å². The van der Waals surface area contributed by atoms with Gasteiger partial charge in [-0.1, -0.05) is 25.8 Å². The minimum Gasteiger partial charge on any atom is -0.313 e. The van der Waals surface area contributed by atoms with Crippen molar-refractivity contribution < 1.29 is 8.78 Å². The van der Waals surface area contributed by atoms with E-state index >= 15 is 0 Å². The van der Waals surface area contributed by atoms with Crippen LogP contribution >= 0.6 is 0 Å². The number of nitrogens with one attached hydrogen (secondary N) is 1. The van der Waals surface area contributed by atoms with Crippen LogP contribution in [0.15, 0.2) is 18.2 Å². The van der Waals surface area contributed by atoms with E-state index in [-0.39, 0.29) is 6.04 Å². The van der Waals surface area contributed by atoms with Crippen molar-refractivity contribution in [2.45, 2.75) is 32.2 Å². The molecule has 1 fully saturated rings. The average Bonchev–Trinajstić information content (AvgIpc) is 2.71. The molecule has 17 heavy (non-hydrogen) atoms. The van der Waals surface area contributed by atoms with E-state index in [0.717, 1.165) is 12.0 Å². The Labute approximate surface area is 101 Å². The summed E-state index contributed by atoms with van der Waals surface area (Å²) in [6.45, 7) is 2.24. The molecule has 3 atom stereocenters. The zero-order valence-electron chi connectivity index (χ0n) is 10.3. The van der Waals surface area contributed by atoms with Gasteiger partial charge in [-0.15, -0.1) is 0 Å². The first-order valence-corrected chi connectivity index (χ1v) is 6.25. The minimum absolute atomic E-state index is 0.127. The van der Waals surface area contributed by atoms with Gasteiger partial charge in [-0.2, -0.15) is 0 Å². The van der Waals surface area contributed by atoms with Crippen LogP contribution in [0.5, 0.6) is 0 Å². The van der Waals surface area contributed by atoms with Crippen molar-refractivity contribution in [3.8, 4) is 0 Å². The largest absolute Gasteiger partial charge is 0.313 e. The summed E-state index contributed by atoms with van der Waals surface area (Å²) < 4.78 is 26.2. The summed E-state index contributed by atoms with van der Waals surface area (Å²) >= 11 is 0. The smallest absolute Gasteiger partial charge is 0.159 e. The average molecular weight is 239 g/mol. The van der Waals surface area contributed by atoms with Crippen molar-refractivity contribution in [1.29, 1.82) is 0 Å². The SMILES string of the molecule is CNC(c1ccc(F)c(F)c1)C1CCCC1C. The Hall–Kier alpha value is -0.960. The maximum Gasteiger partial charge on any atom is 0.159 e. The highest BCUT2D eigenvalue weighted by Gasteiger charge is 2.31. The fraction of sp³-hybridized carbons (Fsp3) is 0.571. The van der Waals surface area contributed by atoms with Crippen LogP contribution in [0.2, 0.25) is 0 Å². The van der Waals surface area contributed by atoms with E-state index in [9.17, 15) is 8.78 Å². The molecule has 1 aromatic rings. The van der Waals surface area contributed by atoms with Gasteiger partial charge in [0.15, 0.2) is 11.6 Å². The Morgan fingerprint density at radius 3 is 2.53 bits per heavy atom. The molecule has 0 heterocycles. The van der Waals surface area contributed by atoms with Gasteiger partial charge >= 0.3 is 0 Å². The second-order valence-electron chi connectivity index (χ2n) is 5.01. The van der Waals surface area contributed by atoms with Crippen LogP contribution in [-0.4, -0.2) is 7.05 Å². The second kappa shape index (κ2) is 5.13. The first-order valence-electron chi connectivity index (χ1n) is 6.25. The molecule has 0 aliphatic heterocycles. The normalized spacial score (nSPS) is 26.1. The van der Waals surface area contributed by atoms with Crippen LogP contribution in [-0.2, 0) is 0 Å². The zero-order valence-corrected chi connectivity index (χ0v) is 10.3. The molecule has 0 saturated heterocycles. The lowest BCUT2D eigenvalue weighted by Crippen LogP contribution is -2.27. The van der Waals surface area contributed by atoms with E-state index in [2.05, 4.69) is 12.2 Å². The number of benzene rings is 1. The molecule has 0 amide bonds. The topological polar surface area (TPSA) is 12.0 Å². The third-order valence-corrected chi connectivity index (χ3v) is 3.97. The summed E-state index contributed by atoms with van der Waals surface area (Å²) in [6, 6.07) is 4.35. The zero-order chi connectivity index (χ0) is 12.4. The molecule has 94 valence electrons. The van der Waals surface area contributed by atoms with Crippen molar-refractivity contribution in [2.24, 2.45) is 11.8 Å². The highest BCUT2D eigenvalue weighted by Crippen LogP contribution is 2.40.